The number of piperidine rings is 1. The molecule has 2 aliphatic rings. The third-order valence-corrected chi connectivity index (χ3v) is 5.77. The van der Waals surface area contributed by atoms with Crippen LogP contribution in [0.3, 0.4) is 0 Å². The summed E-state index contributed by atoms with van der Waals surface area (Å²) in [6.07, 6.45) is 4.44. The molecular formula is C18H31N5O2. The summed E-state index contributed by atoms with van der Waals surface area (Å²) in [5.74, 6) is 1.22. The lowest BCUT2D eigenvalue weighted by atomic mass is 9.76. The van der Waals surface area contributed by atoms with Gasteiger partial charge in [-0.25, -0.2) is 0 Å². The number of rotatable bonds is 5. The van der Waals surface area contributed by atoms with Crippen molar-refractivity contribution in [3.05, 3.63) is 11.8 Å². The molecule has 7 heteroatoms. The topological polar surface area (TPSA) is 65.7 Å². The molecule has 0 radical (unpaired) electrons. The molecule has 0 aliphatic carbocycles. The van der Waals surface area contributed by atoms with Crippen molar-refractivity contribution in [2.45, 2.75) is 52.1 Å². The number of nitrogens with zero attached hydrogens (tertiary/aromatic N) is 5. The number of likely N-dealkylation sites (N-methyl/N-ethyl adjacent to an activating group) is 1. The van der Waals surface area contributed by atoms with Crippen LogP contribution in [0.2, 0.25) is 0 Å². The second-order valence-electron chi connectivity index (χ2n) is 7.90. The van der Waals surface area contributed by atoms with Crippen molar-refractivity contribution in [2.24, 2.45) is 5.41 Å². The van der Waals surface area contributed by atoms with E-state index in [1.54, 1.807) is 11.8 Å². The van der Waals surface area contributed by atoms with E-state index < -0.39 is 0 Å². The van der Waals surface area contributed by atoms with E-state index in [0.29, 0.717) is 23.7 Å². The molecule has 0 N–H and O–H groups in total. The van der Waals surface area contributed by atoms with Gasteiger partial charge in [-0.15, -0.1) is 10.2 Å². The summed E-state index contributed by atoms with van der Waals surface area (Å²) in [5.41, 5.74) is 0.309. The van der Waals surface area contributed by atoms with Gasteiger partial charge in [-0.1, -0.05) is 6.92 Å². The molecule has 1 amide bonds. The van der Waals surface area contributed by atoms with Crippen molar-refractivity contribution in [1.82, 2.24) is 24.9 Å². The highest BCUT2D eigenvalue weighted by molar-refractivity contribution is 5.82. The lowest BCUT2D eigenvalue weighted by molar-refractivity contribution is -0.135. The van der Waals surface area contributed by atoms with E-state index in [4.69, 9.17) is 4.42 Å². The van der Waals surface area contributed by atoms with Gasteiger partial charge in [0, 0.05) is 20.5 Å². The first-order chi connectivity index (χ1) is 11.9. The van der Waals surface area contributed by atoms with E-state index in [-0.39, 0.29) is 11.9 Å². The normalized spacial score (nSPS) is 24.1. The fourth-order valence-electron chi connectivity index (χ4n) is 4.30. The summed E-state index contributed by atoms with van der Waals surface area (Å²) in [4.78, 5) is 19.7. The molecule has 2 fully saturated rings. The molecule has 1 aromatic rings. The van der Waals surface area contributed by atoms with Crippen molar-refractivity contribution in [2.75, 3.05) is 40.3 Å². The van der Waals surface area contributed by atoms with E-state index in [1.165, 1.54) is 12.8 Å². The number of aromatic nitrogens is 2. The number of likely N-dealkylation sites (tertiary alicyclic amines) is 2. The summed E-state index contributed by atoms with van der Waals surface area (Å²) in [5, 5.41) is 7.86. The fourth-order valence-corrected chi connectivity index (χ4v) is 4.30. The summed E-state index contributed by atoms with van der Waals surface area (Å²) in [6.45, 7) is 8.65. The Hall–Kier alpha value is -1.47. The van der Waals surface area contributed by atoms with Crippen molar-refractivity contribution in [3.8, 4) is 0 Å². The Kier molecular flexibility index (Phi) is 5.43. The van der Waals surface area contributed by atoms with Gasteiger partial charge in [-0.3, -0.25) is 9.69 Å². The molecule has 1 atom stereocenters. The standard InChI is InChI=1S/C18H31N5O2/c1-5-8-23-13-18(6-9-21(3)10-7-18)11-15(23)17(24)22(4)12-16-20-19-14(2)25-16/h15H,5-13H2,1-4H3/t15-/m0/s1. The number of hydrogen-bond donors (Lipinski definition) is 0. The molecular weight excluding hydrogens is 318 g/mol. The largest absolute Gasteiger partial charge is 0.424 e. The number of carbonyl (C=O) groups excluding carboxylic acids is 1. The lowest BCUT2D eigenvalue weighted by Gasteiger charge is -2.37. The lowest BCUT2D eigenvalue weighted by Crippen LogP contribution is -2.44. The molecule has 1 spiro atoms. The van der Waals surface area contributed by atoms with Gasteiger partial charge in [0.05, 0.1) is 12.6 Å². The van der Waals surface area contributed by atoms with E-state index >= 15 is 0 Å². The Morgan fingerprint density at radius 1 is 1.36 bits per heavy atom. The molecule has 2 saturated heterocycles. The number of hydrogen-bond acceptors (Lipinski definition) is 6. The van der Waals surface area contributed by atoms with Gasteiger partial charge >= 0.3 is 0 Å². The smallest absolute Gasteiger partial charge is 0.240 e. The van der Waals surface area contributed by atoms with Gasteiger partial charge in [0.25, 0.3) is 0 Å². The minimum Gasteiger partial charge on any atom is -0.424 e. The van der Waals surface area contributed by atoms with Crippen LogP contribution in [0.15, 0.2) is 4.42 Å². The highest BCUT2D eigenvalue weighted by Gasteiger charge is 2.47. The van der Waals surface area contributed by atoms with Gasteiger partial charge in [0.1, 0.15) is 0 Å². The number of carbonyl (C=O) groups is 1. The summed E-state index contributed by atoms with van der Waals surface area (Å²) in [6, 6.07) is -0.0163. The second-order valence-corrected chi connectivity index (χ2v) is 7.90. The Labute approximate surface area is 150 Å². The minimum atomic E-state index is -0.0163. The molecule has 0 aromatic carbocycles. The minimum absolute atomic E-state index is 0.0163. The predicted molar refractivity (Wildman–Crippen MR) is 94.9 cm³/mol. The molecule has 25 heavy (non-hydrogen) atoms. The summed E-state index contributed by atoms with van der Waals surface area (Å²) in [7, 11) is 4.03. The van der Waals surface area contributed by atoms with Crippen molar-refractivity contribution in [3.63, 3.8) is 0 Å². The average molecular weight is 349 g/mol. The van der Waals surface area contributed by atoms with Crippen LogP contribution in [0.25, 0.3) is 0 Å². The first kappa shape index (κ1) is 18.3. The summed E-state index contributed by atoms with van der Waals surface area (Å²) >= 11 is 0. The number of aryl methyl sites for hydroxylation is 1. The maximum Gasteiger partial charge on any atom is 0.240 e. The van der Waals surface area contributed by atoms with Crippen LogP contribution in [-0.4, -0.2) is 77.1 Å². The molecule has 0 bridgehead atoms. The fraction of sp³-hybridized carbons (Fsp3) is 0.833. The third kappa shape index (κ3) is 4.03. The van der Waals surface area contributed by atoms with E-state index in [2.05, 4.69) is 34.0 Å². The zero-order valence-electron chi connectivity index (χ0n) is 16.0. The van der Waals surface area contributed by atoms with Gasteiger partial charge < -0.3 is 14.2 Å². The Balaban J connectivity index is 1.68. The monoisotopic (exact) mass is 349 g/mol. The van der Waals surface area contributed by atoms with Gasteiger partial charge in [-0.05, 0) is 57.8 Å². The molecule has 7 nitrogen and oxygen atoms in total. The highest BCUT2D eigenvalue weighted by atomic mass is 16.4. The van der Waals surface area contributed by atoms with Crippen molar-refractivity contribution >= 4 is 5.91 Å². The quantitative estimate of drug-likeness (QED) is 0.803. The molecule has 0 unspecified atom stereocenters. The molecule has 3 rings (SSSR count). The maximum absolute atomic E-state index is 13.1. The van der Waals surface area contributed by atoms with Gasteiger partial charge in [0.15, 0.2) is 0 Å². The van der Waals surface area contributed by atoms with Crippen LogP contribution in [0.4, 0.5) is 0 Å². The maximum atomic E-state index is 13.1. The highest BCUT2D eigenvalue weighted by Crippen LogP contribution is 2.43. The Morgan fingerprint density at radius 2 is 2.08 bits per heavy atom. The van der Waals surface area contributed by atoms with E-state index in [9.17, 15) is 4.79 Å². The van der Waals surface area contributed by atoms with Gasteiger partial charge in [0.2, 0.25) is 17.7 Å². The SMILES string of the molecule is CCCN1CC2(CCN(C)CC2)C[C@H]1C(=O)N(C)Cc1nnc(C)o1. The summed E-state index contributed by atoms with van der Waals surface area (Å²) < 4.78 is 5.43. The molecule has 1 aromatic heterocycles. The molecule has 3 heterocycles. The van der Waals surface area contributed by atoms with Crippen molar-refractivity contribution < 1.29 is 9.21 Å². The van der Waals surface area contributed by atoms with Crippen LogP contribution >= 0.6 is 0 Å². The van der Waals surface area contributed by atoms with Crippen LogP contribution in [0.5, 0.6) is 0 Å². The zero-order valence-corrected chi connectivity index (χ0v) is 16.0. The molecule has 0 saturated carbocycles. The Bertz CT molecular complexity index is 594. The van der Waals surface area contributed by atoms with Gasteiger partial charge in [-0.2, -0.15) is 0 Å². The van der Waals surface area contributed by atoms with Crippen molar-refractivity contribution in [1.29, 1.82) is 0 Å². The van der Waals surface area contributed by atoms with Crippen LogP contribution in [0, 0.1) is 12.3 Å². The molecule has 2 aliphatic heterocycles. The second kappa shape index (κ2) is 7.41. The molecule has 140 valence electrons. The third-order valence-electron chi connectivity index (χ3n) is 5.77. The first-order valence-corrected chi connectivity index (χ1v) is 9.39. The first-order valence-electron chi connectivity index (χ1n) is 9.39. The average Bonchev–Trinajstić information content (AvgIpc) is 3.14. The number of amides is 1. The van der Waals surface area contributed by atoms with Crippen LogP contribution in [0.1, 0.15) is 44.4 Å². The predicted octanol–water partition coefficient (Wildman–Crippen LogP) is 1.53. The zero-order chi connectivity index (χ0) is 18.0. The Morgan fingerprint density at radius 3 is 2.68 bits per heavy atom. The van der Waals surface area contributed by atoms with E-state index in [0.717, 1.165) is 39.0 Å². The van der Waals surface area contributed by atoms with E-state index in [1.807, 2.05) is 7.05 Å². The van der Waals surface area contributed by atoms with Crippen LogP contribution < -0.4 is 0 Å². The van der Waals surface area contributed by atoms with Crippen LogP contribution in [-0.2, 0) is 11.3 Å².